The van der Waals surface area contributed by atoms with E-state index in [1.54, 1.807) is 10.9 Å². The van der Waals surface area contributed by atoms with Crippen LogP contribution in [0.25, 0.3) is 0 Å². The summed E-state index contributed by atoms with van der Waals surface area (Å²) in [4.78, 5) is 0. The van der Waals surface area contributed by atoms with E-state index in [4.69, 9.17) is 11.6 Å². The quantitative estimate of drug-likeness (QED) is 0.820. The second kappa shape index (κ2) is 3.24. The van der Waals surface area contributed by atoms with E-state index < -0.39 is 5.60 Å². The number of nitrogens with zero attached hydrogens (tertiary/aromatic N) is 2. The number of aromatic nitrogens is 2. The summed E-state index contributed by atoms with van der Waals surface area (Å²) in [5, 5.41) is 15.1. The van der Waals surface area contributed by atoms with Gasteiger partial charge >= 0.3 is 0 Å². The van der Waals surface area contributed by atoms with Crippen LogP contribution in [0.4, 0.5) is 0 Å². The molecular formula is C10H15ClN2O. The molecular weight excluding hydrogens is 200 g/mol. The molecule has 1 aromatic heterocycles. The Balaban J connectivity index is 2.44. The second-order valence-electron chi connectivity index (χ2n) is 4.02. The molecule has 1 heterocycles. The van der Waals surface area contributed by atoms with Gasteiger partial charge < -0.3 is 5.11 Å². The first kappa shape index (κ1) is 9.99. The molecule has 0 saturated heterocycles. The van der Waals surface area contributed by atoms with Crippen LogP contribution in [0.3, 0.4) is 0 Å². The highest BCUT2D eigenvalue weighted by atomic mass is 35.5. The minimum absolute atomic E-state index is 0.280. The van der Waals surface area contributed by atoms with E-state index in [0.717, 1.165) is 25.1 Å². The Hall–Kier alpha value is -0.540. The van der Waals surface area contributed by atoms with E-state index in [0.29, 0.717) is 5.02 Å². The van der Waals surface area contributed by atoms with E-state index >= 15 is 0 Å². The lowest BCUT2D eigenvalue weighted by Crippen LogP contribution is -2.44. The minimum Gasteiger partial charge on any atom is -0.383 e. The summed E-state index contributed by atoms with van der Waals surface area (Å²) in [5.74, 6) is 0.280. The molecule has 0 spiro atoms. The zero-order valence-electron chi connectivity index (χ0n) is 8.50. The molecule has 1 aromatic rings. The largest absolute Gasteiger partial charge is 0.383 e. The highest BCUT2D eigenvalue weighted by Gasteiger charge is 2.47. The van der Waals surface area contributed by atoms with Crippen LogP contribution in [0.15, 0.2) is 6.20 Å². The monoisotopic (exact) mass is 214 g/mol. The van der Waals surface area contributed by atoms with Crippen molar-refractivity contribution in [1.82, 2.24) is 9.78 Å². The van der Waals surface area contributed by atoms with Crippen molar-refractivity contribution >= 4 is 11.6 Å². The molecule has 0 amide bonds. The summed E-state index contributed by atoms with van der Waals surface area (Å²) >= 11 is 6.04. The van der Waals surface area contributed by atoms with Gasteiger partial charge in [-0.05, 0) is 25.7 Å². The van der Waals surface area contributed by atoms with E-state index in [1.165, 1.54) is 0 Å². The lowest BCUT2D eigenvalue weighted by molar-refractivity contribution is -0.0993. The van der Waals surface area contributed by atoms with Gasteiger partial charge in [0.05, 0.1) is 16.9 Å². The second-order valence-corrected chi connectivity index (χ2v) is 4.43. The molecule has 3 nitrogen and oxygen atoms in total. The molecule has 0 radical (unpaired) electrons. The number of halogens is 1. The first-order valence-electron chi connectivity index (χ1n) is 5.03. The predicted molar refractivity (Wildman–Crippen MR) is 55.2 cm³/mol. The van der Waals surface area contributed by atoms with Gasteiger partial charge in [-0.3, -0.25) is 4.68 Å². The van der Waals surface area contributed by atoms with Crippen LogP contribution in [0.5, 0.6) is 0 Å². The van der Waals surface area contributed by atoms with Crippen LogP contribution in [0.1, 0.15) is 32.4 Å². The van der Waals surface area contributed by atoms with Crippen LogP contribution in [-0.4, -0.2) is 14.9 Å². The molecule has 2 rings (SSSR count). The van der Waals surface area contributed by atoms with Crippen molar-refractivity contribution in [3.63, 3.8) is 0 Å². The van der Waals surface area contributed by atoms with Crippen molar-refractivity contribution in [2.75, 3.05) is 0 Å². The zero-order valence-corrected chi connectivity index (χ0v) is 9.25. The van der Waals surface area contributed by atoms with Gasteiger partial charge in [0.2, 0.25) is 0 Å². The van der Waals surface area contributed by atoms with Crippen LogP contribution in [0.2, 0.25) is 5.02 Å². The van der Waals surface area contributed by atoms with Crippen molar-refractivity contribution in [2.24, 2.45) is 5.92 Å². The van der Waals surface area contributed by atoms with Gasteiger partial charge in [-0.2, -0.15) is 5.10 Å². The summed E-state index contributed by atoms with van der Waals surface area (Å²) in [6.07, 6.45) is 3.46. The highest BCUT2D eigenvalue weighted by Crippen LogP contribution is 2.48. The average Bonchev–Trinajstić information content (AvgIpc) is 2.56. The van der Waals surface area contributed by atoms with E-state index in [9.17, 15) is 5.11 Å². The Bertz CT molecular complexity index is 350. The molecule has 0 bridgehead atoms. The van der Waals surface area contributed by atoms with Crippen LogP contribution < -0.4 is 0 Å². The maximum atomic E-state index is 10.4. The third kappa shape index (κ3) is 1.19. The number of hydrogen-bond donors (Lipinski definition) is 1. The van der Waals surface area contributed by atoms with Crippen molar-refractivity contribution < 1.29 is 5.11 Å². The molecule has 14 heavy (non-hydrogen) atoms. The Labute approximate surface area is 88.7 Å². The summed E-state index contributed by atoms with van der Waals surface area (Å²) < 4.78 is 1.79. The Morgan fingerprint density at radius 1 is 1.79 bits per heavy atom. The molecule has 1 saturated carbocycles. The smallest absolute Gasteiger partial charge is 0.110 e. The van der Waals surface area contributed by atoms with E-state index in [1.807, 2.05) is 13.8 Å². The van der Waals surface area contributed by atoms with Crippen LogP contribution in [0, 0.1) is 5.92 Å². The lowest BCUT2D eigenvalue weighted by Gasteiger charge is -2.43. The number of rotatable bonds is 2. The zero-order chi connectivity index (χ0) is 10.3. The normalized spacial score (nSPS) is 31.6. The molecule has 1 fully saturated rings. The van der Waals surface area contributed by atoms with Gasteiger partial charge in [0.25, 0.3) is 0 Å². The Morgan fingerprint density at radius 3 is 2.93 bits per heavy atom. The maximum absolute atomic E-state index is 10.4. The minimum atomic E-state index is -0.746. The van der Waals surface area contributed by atoms with Gasteiger partial charge in [0.15, 0.2) is 0 Å². The predicted octanol–water partition coefficient (Wildman–Crippen LogP) is 2.17. The van der Waals surface area contributed by atoms with Gasteiger partial charge in [0, 0.05) is 6.54 Å². The highest BCUT2D eigenvalue weighted by molar-refractivity contribution is 6.31. The molecule has 2 atom stereocenters. The first-order chi connectivity index (χ1) is 6.59. The summed E-state index contributed by atoms with van der Waals surface area (Å²) in [7, 11) is 0. The Kier molecular flexibility index (Phi) is 2.32. The maximum Gasteiger partial charge on any atom is 0.110 e. The van der Waals surface area contributed by atoms with Crippen molar-refractivity contribution in [2.45, 2.75) is 38.8 Å². The fourth-order valence-corrected chi connectivity index (χ4v) is 2.40. The summed E-state index contributed by atoms with van der Waals surface area (Å²) in [6, 6.07) is 0. The van der Waals surface area contributed by atoms with E-state index in [2.05, 4.69) is 5.10 Å². The van der Waals surface area contributed by atoms with Gasteiger partial charge in [-0.1, -0.05) is 18.5 Å². The van der Waals surface area contributed by atoms with Crippen LogP contribution >= 0.6 is 11.6 Å². The van der Waals surface area contributed by atoms with Gasteiger partial charge in [-0.15, -0.1) is 0 Å². The van der Waals surface area contributed by atoms with E-state index in [-0.39, 0.29) is 5.92 Å². The third-order valence-corrected chi connectivity index (χ3v) is 3.55. The van der Waals surface area contributed by atoms with Gasteiger partial charge in [0.1, 0.15) is 5.60 Å². The average molecular weight is 215 g/mol. The summed E-state index contributed by atoms with van der Waals surface area (Å²) in [5.41, 5.74) is 0.0456. The SMILES string of the molecule is CCn1ncc(Cl)c1C1(O)CCC1C. The van der Waals surface area contributed by atoms with Crippen molar-refractivity contribution in [1.29, 1.82) is 0 Å². The fraction of sp³-hybridized carbons (Fsp3) is 0.700. The van der Waals surface area contributed by atoms with Crippen LogP contribution in [-0.2, 0) is 12.1 Å². The number of hydrogen-bond acceptors (Lipinski definition) is 2. The topological polar surface area (TPSA) is 38.0 Å². The molecule has 4 heteroatoms. The number of aliphatic hydroxyl groups is 1. The standard InChI is InChI=1S/C10H15ClN2O/c1-3-13-9(8(11)6-12-13)10(14)5-4-7(10)2/h6-7,14H,3-5H2,1-2H3. The van der Waals surface area contributed by atoms with Crippen molar-refractivity contribution in [3.8, 4) is 0 Å². The molecule has 0 aliphatic heterocycles. The molecule has 1 aliphatic rings. The van der Waals surface area contributed by atoms with Gasteiger partial charge in [-0.25, -0.2) is 0 Å². The first-order valence-corrected chi connectivity index (χ1v) is 5.41. The molecule has 0 aromatic carbocycles. The molecule has 78 valence electrons. The fourth-order valence-electron chi connectivity index (χ4n) is 2.09. The lowest BCUT2D eigenvalue weighted by atomic mass is 9.68. The number of aryl methyl sites for hydroxylation is 1. The molecule has 1 aliphatic carbocycles. The van der Waals surface area contributed by atoms with Crippen molar-refractivity contribution in [3.05, 3.63) is 16.9 Å². The molecule has 1 N–H and O–H groups in total. The Morgan fingerprint density at radius 2 is 2.50 bits per heavy atom. The third-order valence-electron chi connectivity index (χ3n) is 3.28. The molecule has 2 unspecified atom stereocenters. The summed E-state index contributed by atoms with van der Waals surface area (Å²) in [6.45, 7) is 4.80.